The Hall–Kier alpha value is -1.01. The maximum atomic E-state index is 8.97. The van der Waals surface area contributed by atoms with E-state index in [4.69, 9.17) is 5.26 Å². The van der Waals surface area contributed by atoms with Crippen LogP contribution in [0.5, 0.6) is 0 Å². The molecule has 0 saturated carbocycles. The first kappa shape index (κ1) is 8.58. The van der Waals surface area contributed by atoms with Crippen molar-refractivity contribution < 1.29 is 0 Å². The molecule has 1 aromatic rings. The molecular weight excluding hydrogens is 180 g/mol. The maximum absolute atomic E-state index is 8.97. The van der Waals surface area contributed by atoms with Crippen molar-refractivity contribution in [3.8, 4) is 6.07 Å². The molecule has 0 spiro atoms. The number of thioether (sulfide) groups is 1. The lowest BCUT2D eigenvalue weighted by Crippen LogP contribution is -2.00. The first-order valence-electron chi connectivity index (χ1n) is 4.21. The molecule has 3 heteroatoms. The van der Waals surface area contributed by atoms with Gasteiger partial charge in [-0.15, -0.1) is 0 Å². The second-order valence-corrected chi connectivity index (χ2v) is 4.20. The second kappa shape index (κ2) is 3.04. The molecule has 0 bridgehead atoms. The zero-order valence-electron chi connectivity index (χ0n) is 7.72. The standard InChI is InChI=1S/C10H10N2S/c1-6-8(3-11)10-5-13-4-9(10)7(2)12-6/h4-5H2,1-2H3. The third-order valence-corrected chi connectivity index (χ3v) is 3.39. The maximum Gasteiger partial charge on any atom is 0.101 e. The van der Waals surface area contributed by atoms with Gasteiger partial charge >= 0.3 is 0 Å². The Kier molecular flexibility index (Phi) is 2.01. The van der Waals surface area contributed by atoms with Crippen LogP contribution in [0.25, 0.3) is 0 Å². The monoisotopic (exact) mass is 190 g/mol. The molecule has 66 valence electrons. The Morgan fingerprint density at radius 1 is 1.23 bits per heavy atom. The quantitative estimate of drug-likeness (QED) is 0.630. The molecule has 13 heavy (non-hydrogen) atoms. The van der Waals surface area contributed by atoms with Gasteiger partial charge in [-0.1, -0.05) is 0 Å². The minimum absolute atomic E-state index is 0.797. The van der Waals surface area contributed by atoms with Crippen LogP contribution in [0.1, 0.15) is 28.1 Å². The Balaban J connectivity index is 2.74. The molecule has 0 fully saturated rings. The van der Waals surface area contributed by atoms with Crippen LogP contribution in [0.15, 0.2) is 0 Å². The van der Waals surface area contributed by atoms with Crippen LogP contribution in [0, 0.1) is 25.2 Å². The Bertz CT molecular complexity index is 404. The molecule has 0 amide bonds. The Morgan fingerprint density at radius 2 is 1.92 bits per heavy atom. The van der Waals surface area contributed by atoms with Gasteiger partial charge in [0.05, 0.1) is 11.3 Å². The van der Waals surface area contributed by atoms with Crippen LogP contribution in [0.2, 0.25) is 0 Å². The number of pyridine rings is 1. The van der Waals surface area contributed by atoms with E-state index in [1.807, 2.05) is 25.6 Å². The summed E-state index contributed by atoms with van der Waals surface area (Å²) in [6, 6.07) is 2.25. The zero-order chi connectivity index (χ0) is 9.42. The van der Waals surface area contributed by atoms with E-state index in [0.29, 0.717) is 0 Å². The predicted molar refractivity (Wildman–Crippen MR) is 53.4 cm³/mol. The number of hydrogen-bond donors (Lipinski definition) is 0. The highest BCUT2D eigenvalue weighted by Gasteiger charge is 2.20. The summed E-state index contributed by atoms with van der Waals surface area (Å²) in [7, 11) is 0. The van der Waals surface area contributed by atoms with Gasteiger partial charge in [0.15, 0.2) is 0 Å². The van der Waals surface area contributed by atoms with Crippen LogP contribution in [-0.2, 0) is 11.5 Å². The van der Waals surface area contributed by atoms with Gasteiger partial charge < -0.3 is 0 Å². The van der Waals surface area contributed by atoms with Crippen molar-refractivity contribution in [2.75, 3.05) is 0 Å². The summed E-state index contributed by atoms with van der Waals surface area (Å²) < 4.78 is 0. The lowest BCUT2D eigenvalue weighted by Gasteiger charge is -2.06. The number of aryl methyl sites for hydroxylation is 2. The molecule has 2 heterocycles. The van der Waals surface area contributed by atoms with Crippen LogP contribution in [0.3, 0.4) is 0 Å². The molecule has 0 atom stereocenters. The van der Waals surface area contributed by atoms with E-state index in [9.17, 15) is 0 Å². The van der Waals surface area contributed by atoms with Gasteiger partial charge in [0.25, 0.3) is 0 Å². The number of rotatable bonds is 0. The van der Waals surface area contributed by atoms with Crippen molar-refractivity contribution >= 4 is 11.8 Å². The molecule has 0 N–H and O–H groups in total. The summed E-state index contributed by atoms with van der Waals surface area (Å²) in [4.78, 5) is 4.38. The molecule has 2 rings (SSSR count). The fourth-order valence-corrected chi connectivity index (χ4v) is 2.93. The highest BCUT2D eigenvalue weighted by atomic mass is 32.2. The number of hydrogen-bond acceptors (Lipinski definition) is 3. The third kappa shape index (κ3) is 1.22. The van der Waals surface area contributed by atoms with E-state index in [0.717, 1.165) is 28.5 Å². The summed E-state index contributed by atoms with van der Waals surface area (Å²) >= 11 is 1.86. The summed E-state index contributed by atoms with van der Waals surface area (Å²) in [5.41, 5.74) is 5.27. The minimum Gasteiger partial charge on any atom is -0.257 e. The van der Waals surface area contributed by atoms with Gasteiger partial charge in [0.1, 0.15) is 6.07 Å². The fraction of sp³-hybridized carbons (Fsp3) is 0.400. The first-order chi connectivity index (χ1) is 6.24. The smallest absolute Gasteiger partial charge is 0.101 e. The molecule has 0 saturated heterocycles. The summed E-state index contributed by atoms with van der Waals surface area (Å²) in [6.07, 6.45) is 0. The normalized spacial score (nSPS) is 13.9. The minimum atomic E-state index is 0.797. The van der Waals surface area contributed by atoms with Gasteiger partial charge in [-0.2, -0.15) is 17.0 Å². The molecule has 1 aromatic heterocycles. The van der Waals surface area contributed by atoms with Crippen LogP contribution < -0.4 is 0 Å². The van der Waals surface area contributed by atoms with E-state index in [1.165, 1.54) is 11.1 Å². The SMILES string of the molecule is Cc1nc(C)c2c(c1C#N)CSC2. The van der Waals surface area contributed by atoms with Crippen molar-refractivity contribution in [2.24, 2.45) is 0 Å². The molecular formula is C10H10N2S. The highest BCUT2D eigenvalue weighted by molar-refractivity contribution is 7.98. The van der Waals surface area contributed by atoms with Crippen molar-refractivity contribution in [3.05, 3.63) is 28.1 Å². The summed E-state index contributed by atoms with van der Waals surface area (Å²) in [5, 5.41) is 8.97. The van der Waals surface area contributed by atoms with Gasteiger partial charge in [-0.25, -0.2) is 0 Å². The Morgan fingerprint density at radius 3 is 2.62 bits per heavy atom. The molecule has 1 aliphatic rings. The lowest BCUT2D eigenvalue weighted by molar-refractivity contribution is 1.05. The average Bonchev–Trinajstić information content (AvgIpc) is 2.53. The highest BCUT2D eigenvalue weighted by Crippen LogP contribution is 2.34. The van der Waals surface area contributed by atoms with E-state index < -0.39 is 0 Å². The second-order valence-electron chi connectivity index (χ2n) is 3.22. The van der Waals surface area contributed by atoms with Crippen LogP contribution >= 0.6 is 11.8 Å². The van der Waals surface area contributed by atoms with E-state index >= 15 is 0 Å². The largest absolute Gasteiger partial charge is 0.257 e. The van der Waals surface area contributed by atoms with Gasteiger partial charge in [0.2, 0.25) is 0 Å². The van der Waals surface area contributed by atoms with Crippen molar-refractivity contribution in [1.82, 2.24) is 4.98 Å². The average molecular weight is 190 g/mol. The number of nitrogens with zero attached hydrogens (tertiary/aromatic N) is 2. The first-order valence-corrected chi connectivity index (χ1v) is 5.36. The van der Waals surface area contributed by atoms with Crippen molar-refractivity contribution in [3.63, 3.8) is 0 Å². The van der Waals surface area contributed by atoms with E-state index in [1.54, 1.807) is 0 Å². The zero-order valence-corrected chi connectivity index (χ0v) is 8.53. The lowest BCUT2D eigenvalue weighted by atomic mass is 10.0. The molecule has 0 aromatic carbocycles. The molecule has 0 radical (unpaired) electrons. The topological polar surface area (TPSA) is 36.7 Å². The van der Waals surface area contributed by atoms with Crippen molar-refractivity contribution in [2.45, 2.75) is 25.4 Å². The summed E-state index contributed by atoms with van der Waals surface area (Å²) in [6.45, 7) is 3.94. The number of fused-ring (bicyclic) bond motifs is 1. The van der Waals surface area contributed by atoms with E-state index in [-0.39, 0.29) is 0 Å². The number of aromatic nitrogens is 1. The third-order valence-electron chi connectivity index (χ3n) is 2.40. The predicted octanol–water partition coefficient (Wildman–Crippen LogP) is 2.32. The van der Waals surface area contributed by atoms with Crippen molar-refractivity contribution in [1.29, 1.82) is 5.26 Å². The Labute approximate surface area is 82.0 Å². The molecule has 0 aliphatic carbocycles. The fourth-order valence-electron chi connectivity index (χ4n) is 1.72. The molecule has 0 unspecified atom stereocenters. The van der Waals surface area contributed by atoms with Crippen LogP contribution in [-0.4, -0.2) is 4.98 Å². The number of nitriles is 1. The van der Waals surface area contributed by atoms with Gasteiger partial charge in [0, 0.05) is 17.2 Å². The van der Waals surface area contributed by atoms with Gasteiger partial charge in [-0.3, -0.25) is 4.98 Å². The van der Waals surface area contributed by atoms with Crippen LogP contribution in [0.4, 0.5) is 0 Å². The molecule has 1 aliphatic heterocycles. The summed E-state index contributed by atoms with van der Waals surface area (Å²) in [5.74, 6) is 1.99. The molecule has 2 nitrogen and oxygen atoms in total. The van der Waals surface area contributed by atoms with Gasteiger partial charge in [-0.05, 0) is 25.0 Å². The van der Waals surface area contributed by atoms with E-state index in [2.05, 4.69) is 11.1 Å².